The molecule has 5 rings (SSSR count). The summed E-state index contributed by atoms with van der Waals surface area (Å²) in [7, 11) is 0. The van der Waals surface area contributed by atoms with Gasteiger partial charge in [0.2, 0.25) is 0 Å². The zero-order valence-corrected chi connectivity index (χ0v) is 18.3. The normalized spacial score (nSPS) is 17.1. The van der Waals surface area contributed by atoms with E-state index in [1.165, 1.54) is 30.3 Å². The molecule has 4 heterocycles. The second-order valence-electron chi connectivity index (χ2n) is 8.11. The number of hydrogen-bond donors (Lipinski definition) is 0. The fourth-order valence-electron chi connectivity index (χ4n) is 4.36. The number of rotatable bonds is 5. The third-order valence-electron chi connectivity index (χ3n) is 6.08. The number of hydrogen-bond acceptors (Lipinski definition) is 5. The van der Waals surface area contributed by atoms with Crippen molar-refractivity contribution < 1.29 is 0 Å². The minimum atomic E-state index is 0.702. The summed E-state index contributed by atoms with van der Waals surface area (Å²) in [4.78, 5) is 18.1. The largest absolute Gasteiger partial charge is 0.300 e. The average molecular weight is 415 g/mol. The smallest absolute Gasteiger partial charge is 0.142 e. The van der Waals surface area contributed by atoms with Crippen molar-refractivity contribution >= 4 is 22.2 Å². The fourth-order valence-corrected chi connectivity index (χ4v) is 5.37. The second kappa shape index (κ2) is 8.25. The van der Waals surface area contributed by atoms with Crippen molar-refractivity contribution in [2.24, 2.45) is 0 Å². The first-order valence-corrected chi connectivity index (χ1v) is 11.5. The van der Waals surface area contributed by atoms with Crippen LogP contribution in [0.15, 0.2) is 54.7 Å². The zero-order valence-electron chi connectivity index (χ0n) is 17.5. The van der Waals surface area contributed by atoms with Crippen LogP contribution in [0.2, 0.25) is 0 Å². The molecule has 4 aromatic rings. The van der Waals surface area contributed by atoms with Gasteiger partial charge in [0.15, 0.2) is 0 Å². The molecule has 0 radical (unpaired) electrons. The second-order valence-corrected chi connectivity index (χ2v) is 9.11. The molecule has 0 N–H and O–H groups in total. The molecule has 0 aliphatic carbocycles. The number of benzene rings is 1. The van der Waals surface area contributed by atoms with Gasteiger partial charge in [0.25, 0.3) is 0 Å². The summed E-state index contributed by atoms with van der Waals surface area (Å²) >= 11 is 1.67. The Morgan fingerprint density at radius 2 is 1.97 bits per heavy atom. The lowest BCUT2D eigenvalue weighted by molar-refractivity contribution is 0.272. The molecule has 152 valence electrons. The molecule has 1 aliphatic heterocycles. The Morgan fingerprint density at radius 1 is 1.03 bits per heavy atom. The van der Waals surface area contributed by atoms with Gasteiger partial charge in [-0.1, -0.05) is 30.3 Å². The molecule has 1 aromatic carbocycles. The van der Waals surface area contributed by atoms with Gasteiger partial charge in [-0.25, -0.2) is 9.97 Å². The first kappa shape index (κ1) is 19.3. The van der Waals surface area contributed by atoms with E-state index in [-0.39, 0.29) is 0 Å². The molecule has 30 heavy (non-hydrogen) atoms. The van der Waals surface area contributed by atoms with Gasteiger partial charge in [-0.05, 0) is 63.4 Å². The predicted octanol–water partition coefficient (Wildman–Crippen LogP) is 5.76. The highest BCUT2D eigenvalue weighted by Crippen LogP contribution is 2.34. The van der Waals surface area contributed by atoms with Gasteiger partial charge in [-0.15, -0.1) is 11.3 Å². The van der Waals surface area contributed by atoms with Crippen LogP contribution in [0.4, 0.5) is 0 Å². The van der Waals surface area contributed by atoms with Crippen molar-refractivity contribution in [3.63, 3.8) is 0 Å². The van der Waals surface area contributed by atoms with Gasteiger partial charge >= 0.3 is 0 Å². The molecule has 0 amide bonds. The molecule has 1 saturated heterocycles. The molecule has 5 heteroatoms. The van der Waals surface area contributed by atoms with Crippen LogP contribution in [0.3, 0.4) is 0 Å². The summed E-state index contributed by atoms with van der Waals surface area (Å²) in [6, 6.07) is 17.5. The Morgan fingerprint density at radius 3 is 2.77 bits per heavy atom. The van der Waals surface area contributed by atoms with Gasteiger partial charge in [0.05, 0.1) is 27.5 Å². The number of aryl methyl sites for hydroxylation is 1. The van der Waals surface area contributed by atoms with E-state index in [0.29, 0.717) is 6.04 Å². The van der Waals surface area contributed by atoms with Crippen LogP contribution in [0.25, 0.3) is 32.2 Å². The van der Waals surface area contributed by atoms with E-state index in [9.17, 15) is 0 Å². The van der Waals surface area contributed by atoms with E-state index < -0.39 is 0 Å². The molecule has 3 aromatic heterocycles. The first-order valence-electron chi connectivity index (χ1n) is 10.7. The van der Waals surface area contributed by atoms with E-state index >= 15 is 0 Å². The predicted molar refractivity (Wildman–Crippen MR) is 125 cm³/mol. The number of pyridine rings is 2. The van der Waals surface area contributed by atoms with Crippen molar-refractivity contribution in [1.82, 2.24) is 19.9 Å². The average Bonchev–Trinajstić information content (AvgIpc) is 3.37. The van der Waals surface area contributed by atoms with E-state index in [1.54, 1.807) is 11.3 Å². The highest BCUT2D eigenvalue weighted by Gasteiger charge is 2.20. The molecule has 1 atom stereocenters. The Labute approximate surface area is 181 Å². The maximum absolute atomic E-state index is 5.11. The third-order valence-corrected chi connectivity index (χ3v) is 7.28. The van der Waals surface area contributed by atoms with Gasteiger partial charge in [-0.2, -0.15) is 0 Å². The first-order chi connectivity index (χ1) is 14.7. The third kappa shape index (κ3) is 3.75. The molecule has 0 bridgehead atoms. The molecule has 0 spiro atoms. The van der Waals surface area contributed by atoms with Crippen LogP contribution >= 0.6 is 11.3 Å². The number of para-hydroxylation sites is 1. The lowest BCUT2D eigenvalue weighted by atomic mass is 10.1. The van der Waals surface area contributed by atoms with Gasteiger partial charge < -0.3 is 4.90 Å². The minimum Gasteiger partial charge on any atom is -0.300 e. The zero-order chi connectivity index (χ0) is 20.5. The Bertz CT molecular complexity index is 1170. The highest BCUT2D eigenvalue weighted by molar-refractivity contribution is 7.18. The van der Waals surface area contributed by atoms with Crippen LogP contribution in [-0.2, 0) is 6.42 Å². The van der Waals surface area contributed by atoms with Gasteiger partial charge in [0, 0.05) is 24.2 Å². The molecular weight excluding hydrogens is 388 g/mol. The van der Waals surface area contributed by atoms with Crippen molar-refractivity contribution in [1.29, 1.82) is 0 Å². The summed E-state index contributed by atoms with van der Waals surface area (Å²) in [5.41, 5.74) is 5.38. The van der Waals surface area contributed by atoms with Crippen molar-refractivity contribution in [3.05, 3.63) is 66.0 Å². The van der Waals surface area contributed by atoms with Gasteiger partial charge in [0.1, 0.15) is 5.01 Å². The number of likely N-dealkylation sites (tertiary alicyclic amines) is 1. The molecule has 4 nitrogen and oxygen atoms in total. The Balaban J connectivity index is 1.48. The molecule has 1 aliphatic rings. The van der Waals surface area contributed by atoms with Crippen LogP contribution < -0.4 is 0 Å². The highest BCUT2D eigenvalue weighted by atomic mass is 32.1. The molecule has 0 saturated carbocycles. The Hall–Kier alpha value is -2.63. The maximum atomic E-state index is 5.11. The van der Waals surface area contributed by atoms with Crippen LogP contribution in [0, 0.1) is 6.92 Å². The van der Waals surface area contributed by atoms with Crippen LogP contribution in [-0.4, -0.2) is 39.0 Å². The minimum absolute atomic E-state index is 0.702. The maximum Gasteiger partial charge on any atom is 0.142 e. The number of thiazole rings is 1. The molecule has 1 fully saturated rings. The summed E-state index contributed by atoms with van der Waals surface area (Å²) in [5.74, 6) is 0. The number of fused-ring (bicyclic) bond motifs is 1. The number of aromatic nitrogens is 3. The van der Waals surface area contributed by atoms with E-state index in [4.69, 9.17) is 9.97 Å². The van der Waals surface area contributed by atoms with Crippen molar-refractivity contribution in [3.8, 4) is 21.3 Å². The summed E-state index contributed by atoms with van der Waals surface area (Å²) in [6.45, 7) is 6.74. The topological polar surface area (TPSA) is 41.9 Å². The molecular formula is C25H26N4S. The monoisotopic (exact) mass is 414 g/mol. The standard InChI is InChI=1S/C25H26N4S/c1-17-7-6-15-29(17)16-13-20-9-5-8-19-11-12-21(28-23(19)20)24-18(2)27-25(30-24)22-10-3-4-14-26-22/h3-5,8-12,14,17H,6-7,13,15-16H2,1-2H3/t17-/m1/s1. The van der Waals surface area contributed by atoms with Crippen LogP contribution in [0.1, 0.15) is 31.0 Å². The number of nitrogens with zero attached hydrogens (tertiary/aromatic N) is 4. The quantitative estimate of drug-likeness (QED) is 0.417. The SMILES string of the molecule is Cc1nc(-c2ccccn2)sc1-c1ccc2cccc(CCN3CCC[C@H]3C)c2n1. The van der Waals surface area contributed by atoms with E-state index in [0.717, 1.165) is 45.4 Å². The summed E-state index contributed by atoms with van der Waals surface area (Å²) in [5, 5.41) is 2.15. The van der Waals surface area contributed by atoms with Crippen molar-refractivity contribution in [2.75, 3.05) is 13.1 Å². The molecule has 0 unspecified atom stereocenters. The lowest BCUT2D eigenvalue weighted by Gasteiger charge is -2.21. The van der Waals surface area contributed by atoms with Gasteiger partial charge in [-0.3, -0.25) is 4.98 Å². The Kier molecular flexibility index (Phi) is 5.32. The summed E-state index contributed by atoms with van der Waals surface area (Å²) < 4.78 is 0. The lowest BCUT2D eigenvalue weighted by Crippen LogP contribution is -2.29. The van der Waals surface area contributed by atoms with Crippen molar-refractivity contribution in [2.45, 2.75) is 39.2 Å². The van der Waals surface area contributed by atoms with E-state index in [1.807, 2.05) is 24.4 Å². The fraction of sp³-hybridized carbons (Fsp3) is 0.320. The summed E-state index contributed by atoms with van der Waals surface area (Å²) in [6.07, 6.45) is 5.50. The van der Waals surface area contributed by atoms with E-state index in [2.05, 4.69) is 54.1 Å². The van der Waals surface area contributed by atoms with Crippen LogP contribution in [0.5, 0.6) is 0 Å².